The van der Waals surface area contributed by atoms with Crippen LogP contribution in [-0.2, 0) is 44.8 Å². The molecular weight excluding hydrogens is 630 g/mol. The Morgan fingerprint density at radius 1 is 0.646 bits per heavy atom. The van der Waals surface area contributed by atoms with Gasteiger partial charge in [-0.2, -0.15) is 0 Å². The molecule has 0 aliphatic carbocycles. The normalized spacial score (nSPS) is 14.6. The van der Waals surface area contributed by atoms with E-state index in [-0.39, 0.29) is 31.6 Å². The Morgan fingerprint density at radius 2 is 1.15 bits per heavy atom. The van der Waals surface area contributed by atoms with Gasteiger partial charge in [-0.1, -0.05) is 44.2 Å². The summed E-state index contributed by atoms with van der Waals surface area (Å²) >= 11 is 0. The number of primary amides is 1. The highest BCUT2D eigenvalue weighted by atomic mass is 16.4. The first-order valence-corrected chi connectivity index (χ1v) is 15.4. The number of hydrogen-bond donors (Lipinski definition) is 9. The van der Waals surface area contributed by atoms with Crippen LogP contribution in [0.1, 0.15) is 65.4 Å². The number of rotatable bonds is 21. The second-order valence-electron chi connectivity index (χ2n) is 11.9. The molecule has 0 fully saturated rings. The van der Waals surface area contributed by atoms with Crippen LogP contribution in [0, 0.1) is 5.92 Å². The molecular formula is C31H47N7O10. The number of amides is 6. The highest BCUT2D eigenvalue weighted by molar-refractivity contribution is 5.96. The highest BCUT2D eigenvalue weighted by Crippen LogP contribution is 2.09. The number of carboxylic acids is 2. The Labute approximate surface area is 278 Å². The van der Waals surface area contributed by atoms with Crippen LogP contribution in [0.4, 0.5) is 0 Å². The lowest BCUT2D eigenvalue weighted by atomic mass is 10.0. The van der Waals surface area contributed by atoms with Gasteiger partial charge in [0.2, 0.25) is 35.4 Å². The summed E-state index contributed by atoms with van der Waals surface area (Å²) in [5.41, 5.74) is 11.4. The number of nitrogens with two attached hydrogens (primary N) is 2. The van der Waals surface area contributed by atoms with E-state index in [1.165, 1.54) is 13.8 Å². The van der Waals surface area contributed by atoms with Crippen molar-refractivity contribution in [2.45, 2.75) is 102 Å². The average Bonchev–Trinajstić information content (AvgIpc) is 3.00. The molecule has 0 aliphatic rings. The quantitative estimate of drug-likeness (QED) is 0.0705. The number of carbonyl (C=O) groups excluding carboxylic acids is 6. The number of nitrogens with one attached hydrogen (secondary N) is 5. The van der Waals surface area contributed by atoms with Crippen molar-refractivity contribution in [1.82, 2.24) is 26.6 Å². The molecule has 0 unspecified atom stereocenters. The smallest absolute Gasteiger partial charge is 0.326 e. The monoisotopic (exact) mass is 677 g/mol. The maximum Gasteiger partial charge on any atom is 0.326 e. The topological polar surface area (TPSA) is 289 Å². The summed E-state index contributed by atoms with van der Waals surface area (Å²) in [5.74, 6) is -7.28. The van der Waals surface area contributed by atoms with Crippen LogP contribution in [0.5, 0.6) is 0 Å². The molecule has 0 spiro atoms. The minimum Gasteiger partial charge on any atom is -0.481 e. The minimum absolute atomic E-state index is 0.0344. The van der Waals surface area contributed by atoms with E-state index < -0.39 is 90.1 Å². The molecule has 0 heterocycles. The van der Waals surface area contributed by atoms with Gasteiger partial charge in [-0.15, -0.1) is 0 Å². The summed E-state index contributed by atoms with van der Waals surface area (Å²) in [5, 5.41) is 30.6. The molecule has 48 heavy (non-hydrogen) atoms. The van der Waals surface area contributed by atoms with E-state index in [0.29, 0.717) is 12.0 Å². The summed E-state index contributed by atoms with van der Waals surface area (Å²) in [6, 6.07) is 0.896. The van der Waals surface area contributed by atoms with Crippen LogP contribution in [-0.4, -0.2) is 93.8 Å². The summed E-state index contributed by atoms with van der Waals surface area (Å²) in [4.78, 5) is 98.4. The van der Waals surface area contributed by atoms with Crippen molar-refractivity contribution in [1.29, 1.82) is 0 Å². The molecule has 6 atom stereocenters. The van der Waals surface area contributed by atoms with E-state index in [1.54, 1.807) is 30.3 Å². The van der Waals surface area contributed by atoms with Crippen LogP contribution < -0.4 is 38.1 Å². The molecule has 6 amide bonds. The first-order valence-electron chi connectivity index (χ1n) is 15.4. The standard InChI is InChI=1S/C31H47N7O10/c1-16(2)10-11-21(36-28(44)20(32)15-25(40)41)29(45)35-17(3)26(42)34-18(4)27(43)38-23(14-19-8-6-5-7-9-19)30(46)37-22(31(47)48)12-13-24(33)39/h5-9,16-18,20-23H,10-15,32H2,1-4H3,(H2,33,39)(H,34,42)(H,35,45)(H,36,44)(H,37,46)(H,38,43)(H,40,41)(H,47,48)/t17-,18-,20-,21-,22-,23-/m0/s1. The first kappa shape index (κ1) is 41.0. The van der Waals surface area contributed by atoms with Crippen molar-refractivity contribution < 1.29 is 48.6 Å². The number of benzene rings is 1. The summed E-state index contributed by atoms with van der Waals surface area (Å²) < 4.78 is 0. The van der Waals surface area contributed by atoms with Crippen LogP contribution in [0.3, 0.4) is 0 Å². The molecule has 0 aliphatic heterocycles. The van der Waals surface area contributed by atoms with E-state index in [9.17, 15) is 43.5 Å². The van der Waals surface area contributed by atoms with Gasteiger partial charge in [0.25, 0.3) is 0 Å². The van der Waals surface area contributed by atoms with E-state index in [2.05, 4.69) is 26.6 Å². The van der Waals surface area contributed by atoms with Crippen LogP contribution in [0.25, 0.3) is 0 Å². The second-order valence-corrected chi connectivity index (χ2v) is 11.9. The van der Waals surface area contributed by atoms with Crippen LogP contribution >= 0.6 is 0 Å². The van der Waals surface area contributed by atoms with Gasteiger partial charge in [-0.05, 0) is 44.6 Å². The predicted octanol–water partition coefficient (Wildman–Crippen LogP) is -1.72. The molecule has 0 aromatic heterocycles. The SMILES string of the molecule is CC(C)CC[C@H](NC(=O)[C@@H](N)CC(=O)O)C(=O)N[C@@H](C)C(=O)N[C@@H](C)C(=O)N[C@@H](Cc1ccccc1)C(=O)N[C@@H](CCC(N)=O)C(=O)O. The second kappa shape index (κ2) is 20.2. The van der Waals surface area contributed by atoms with Gasteiger partial charge in [-0.25, -0.2) is 4.79 Å². The Bertz CT molecular complexity index is 1310. The molecule has 11 N–H and O–H groups in total. The van der Waals surface area contributed by atoms with Crippen molar-refractivity contribution >= 4 is 47.4 Å². The number of hydrogen-bond acceptors (Lipinski definition) is 9. The van der Waals surface area contributed by atoms with Crippen LogP contribution in [0.15, 0.2) is 30.3 Å². The van der Waals surface area contributed by atoms with Gasteiger partial charge >= 0.3 is 11.9 Å². The molecule has 1 aromatic rings. The molecule has 0 bridgehead atoms. The Morgan fingerprint density at radius 3 is 1.67 bits per heavy atom. The highest BCUT2D eigenvalue weighted by Gasteiger charge is 2.31. The third-order valence-corrected chi connectivity index (χ3v) is 7.11. The van der Waals surface area contributed by atoms with Crippen molar-refractivity contribution in [2.75, 3.05) is 0 Å². The number of aliphatic carboxylic acids is 2. The summed E-state index contributed by atoms with van der Waals surface area (Å²) in [6.45, 7) is 6.48. The summed E-state index contributed by atoms with van der Waals surface area (Å²) in [7, 11) is 0. The zero-order valence-electron chi connectivity index (χ0n) is 27.5. The lowest BCUT2D eigenvalue weighted by Gasteiger charge is -2.25. The van der Waals surface area contributed by atoms with Gasteiger partial charge < -0.3 is 48.3 Å². The fraction of sp³-hybridized carbons (Fsp3) is 0.548. The molecule has 0 radical (unpaired) electrons. The zero-order valence-corrected chi connectivity index (χ0v) is 27.5. The fourth-order valence-electron chi connectivity index (χ4n) is 4.28. The minimum atomic E-state index is -1.45. The predicted molar refractivity (Wildman–Crippen MR) is 172 cm³/mol. The Balaban J connectivity index is 2.97. The van der Waals surface area contributed by atoms with Crippen LogP contribution in [0.2, 0.25) is 0 Å². The lowest BCUT2D eigenvalue weighted by Crippen LogP contribution is -2.58. The Kier molecular flexibility index (Phi) is 17.3. The summed E-state index contributed by atoms with van der Waals surface area (Å²) in [6.07, 6.45) is -0.554. The van der Waals surface area contributed by atoms with Crippen molar-refractivity contribution in [3.8, 4) is 0 Å². The van der Waals surface area contributed by atoms with Gasteiger partial charge in [0.15, 0.2) is 0 Å². The van der Waals surface area contributed by atoms with E-state index >= 15 is 0 Å². The molecule has 0 saturated carbocycles. The van der Waals surface area contributed by atoms with Gasteiger partial charge in [0.05, 0.1) is 12.5 Å². The first-order chi connectivity index (χ1) is 22.4. The van der Waals surface area contributed by atoms with Crippen molar-refractivity contribution in [3.63, 3.8) is 0 Å². The van der Waals surface area contributed by atoms with Crippen molar-refractivity contribution in [2.24, 2.45) is 17.4 Å². The van der Waals surface area contributed by atoms with E-state index in [1.807, 2.05) is 13.8 Å². The lowest BCUT2D eigenvalue weighted by molar-refractivity contribution is -0.142. The zero-order chi connectivity index (χ0) is 36.6. The maximum atomic E-state index is 13.1. The fourth-order valence-corrected chi connectivity index (χ4v) is 4.28. The van der Waals surface area contributed by atoms with Crippen molar-refractivity contribution in [3.05, 3.63) is 35.9 Å². The van der Waals surface area contributed by atoms with Gasteiger partial charge in [-0.3, -0.25) is 33.6 Å². The van der Waals surface area contributed by atoms with Gasteiger partial charge in [0, 0.05) is 12.8 Å². The number of carbonyl (C=O) groups is 8. The Hall–Kier alpha value is -5.06. The molecule has 266 valence electrons. The molecule has 0 saturated heterocycles. The average molecular weight is 678 g/mol. The molecule has 17 heteroatoms. The van der Waals surface area contributed by atoms with E-state index in [0.717, 1.165) is 0 Å². The largest absolute Gasteiger partial charge is 0.481 e. The number of carboxylic acid groups (broad SMARTS) is 2. The molecule has 1 rings (SSSR count). The maximum absolute atomic E-state index is 13.1. The third-order valence-electron chi connectivity index (χ3n) is 7.11. The van der Waals surface area contributed by atoms with E-state index in [4.69, 9.17) is 16.6 Å². The third kappa shape index (κ3) is 15.5. The molecule has 1 aromatic carbocycles. The van der Waals surface area contributed by atoms with Gasteiger partial charge in [0.1, 0.15) is 30.2 Å². The molecule has 17 nitrogen and oxygen atoms in total.